The van der Waals surface area contributed by atoms with Crippen LogP contribution in [0.25, 0.3) is 0 Å². The van der Waals surface area contributed by atoms with E-state index in [2.05, 4.69) is 46.9 Å². The molecular weight excluding hydrogens is 1340 g/mol. The molecule has 0 saturated carbocycles. The molecule has 39 nitrogen and oxygen atoms in total. The van der Waals surface area contributed by atoms with Gasteiger partial charge in [-0.15, -0.1) is 10.1 Å². The van der Waals surface area contributed by atoms with Crippen molar-refractivity contribution in [2.24, 2.45) is 22.9 Å². The smallest absolute Gasteiger partial charge is 0.333 e. The number of hydroxylamine groups is 4. The molecule has 0 aliphatic carbocycles. The zero-order valence-corrected chi connectivity index (χ0v) is 59.0. The molecule has 0 aromatic heterocycles. The van der Waals surface area contributed by atoms with Crippen molar-refractivity contribution in [3.05, 3.63) is 0 Å². The number of carbonyl (C=O) groups excluding carboxylic acids is 13. The van der Waals surface area contributed by atoms with Crippen LogP contribution in [0.5, 0.6) is 0 Å². The highest BCUT2D eigenvalue weighted by atomic mass is 16.7. The quantitative estimate of drug-likeness (QED) is 0.0227. The molecule has 0 aromatic rings. The van der Waals surface area contributed by atoms with Gasteiger partial charge < -0.3 is 104 Å². The third kappa shape index (κ3) is 58.6. The van der Waals surface area contributed by atoms with Crippen LogP contribution in [0.2, 0.25) is 0 Å². The molecule has 11 amide bonds. The van der Waals surface area contributed by atoms with E-state index in [1.165, 1.54) is 28.3 Å². The van der Waals surface area contributed by atoms with Crippen LogP contribution in [0.15, 0.2) is 0 Å². The van der Waals surface area contributed by atoms with E-state index in [0.29, 0.717) is 127 Å². The lowest BCUT2D eigenvalue weighted by atomic mass is 10.1. The zero-order valence-electron chi connectivity index (χ0n) is 59.0. The first-order valence-electron chi connectivity index (χ1n) is 33.0. The molecule has 2 fully saturated rings. The summed E-state index contributed by atoms with van der Waals surface area (Å²) < 4.78 is 14.5. The van der Waals surface area contributed by atoms with Crippen molar-refractivity contribution in [3.8, 4) is 0 Å². The Morgan fingerprint density at radius 3 is 0.990 bits per heavy atom. The lowest BCUT2D eigenvalue weighted by Gasteiger charge is -2.14. The molecule has 39 heteroatoms. The monoisotopic (exact) mass is 1450 g/mol. The molecule has 0 aromatic carbocycles. The topological polar surface area (TPSA) is 612 Å². The summed E-state index contributed by atoms with van der Waals surface area (Å²) >= 11 is 0. The fraction of sp³-hybridized carbons (Fsp3) is 0.726. The maximum absolute atomic E-state index is 11.7. The fourth-order valence-corrected chi connectivity index (χ4v) is 7.66. The largest absolute Gasteiger partial charge is 0.480 e. The molecule has 2 rings (SSSR count). The normalized spacial score (nSPS) is 13.0. The summed E-state index contributed by atoms with van der Waals surface area (Å²) in [4.78, 5) is 197. The fourth-order valence-electron chi connectivity index (χ4n) is 7.66. The number of nitrogens with one attached hydrogen (secondary N) is 7. The van der Waals surface area contributed by atoms with Gasteiger partial charge >= 0.3 is 35.8 Å². The van der Waals surface area contributed by atoms with Crippen LogP contribution in [0.3, 0.4) is 0 Å². The number of aliphatic carboxylic acids is 4. The van der Waals surface area contributed by atoms with E-state index in [1.54, 1.807) is 14.2 Å². The van der Waals surface area contributed by atoms with E-state index < -0.39 is 89.5 Å². The van der Waals surface area contributed by atoms with Gasteiger partial charge in [0.2, 0.25) is 41.4 Å². The number of carbonyl (C=O) groups is 17. The first-order chi connectivity index (χ1) is 47.9. The summed E-state index contributed by atoms with van der Waals surface area (Å²) in [6.45, 7) is 3.53. The highest BCUT2D eigenvalue weighted by Gasteiger charge is 2.34. The van der Waals surface area contributed by atoms with Crippen LogP contribution in [-0.2, 0) is 105 Å². The summed E-state index contributed by atoms with van der Waals surface area (Å²) in [6.07, 6.45) is 10.00. The second-order valence-electron chi connectivity index (χ2n) is 22.0. The molecule has 580 valence electrons. The molecule has 101 heavy (non-hydrogen) atoms. The Morgan fingerprint density at radius 1 is 0.376 bits per heavy atom. The van der Waals surface area contributed by atoms with Gasteiger partial charge in [-0.05, 0) is 96.6 Å². The molecule has 19 N–H and O–H groups in total. The number of rotatable bonds is 47. The minimum atomic E-state index is -1.15. The van der Waals surface area contributed by atoms with Gasteiger partial charge in [0.25, 0.3) is 23.6 Å². The summed E-state index contributed by atoms with van der Waals surface area (Å²) in [5.74, 6) is -9.26. The van der Waals surface area contributed by atoms with E-state index >= 15 is 0 Å². The predicted molar refractivity (Wildman–Crippen MR) is 357 cm³/mol. The van der Waals surface area contributed by atoms with Gasteiger partial charge in [0.15, 0.2) is 0 Å². The number of ether oxygens (including phenoxy) is 3. The highest BCUT2D eigenvalue weighted by Crippen LogP contribution is 2.14. The maximum atomic E-state index is 11.7. The Labute approximate surface area is 587 Å². The van der Waals surface area contributed by atoms with Crippen LogP contribution in [0.1, 0.15) is 180 Å². The second-order valence-corrected chi connectivity index (χ2v) is 22.0. The lowest BCUT2D eigenvalue weighted by Crippen LogP contribution is -2.41. The maximum Gasteiger partial charge on any atom is 0.333 e. The summed E-state index contributed by atoms with van der Waals surface area (Å²) in [6, 6.07) is -3.35. The van der Waals surface area contributed by atoms with Crippen molar-refractivity contribution in [2.45, 2.75) is 204 Å². The van der Waals surface area contributed by atoms with E-state index in [4.69, 9.17) is 57.6 Å². The summed E-state index contributed by atoms with van der Waals surface area (Å²) in [5, 5.41) is 53.4. The van der Waals surface area contributed by atoms with Crippen molar-refractivity contribution in [3.63, 3.8) is 0 Å². The number of imide groups is 2. The van der Waals surface area contributed by atoms with Gasteiger partial charge in [-0.25, -0.2) is 19.2 Å². The van der Waals surface area contributed by atoms with E-state index in [1.807, 2.05) is 0 Å². The Morgan fingerprint density at radius 2 is 0.663 bits per heavy atom. The molecule has 2 aliphatic heterocycles. The number of hydrogen-bond acceptors (Lipinski definition) is 26. The van der Waals surface area contributed by atoms with Gasteiger partial charge in [0.1, 0.15) is 24.2 Å². The van der Waals surface area contributed by atoms with Crippen molar-refractivity contribution in [2.75, 3.05) is 88.5 Å². The van der Waals surface area contributed by atoms with E-state index in [-0.39, 0.29) is 119 Å². The molecule has 2 heterocycles. The van der Waals surface area contributed by atoms with E-state index in [0.717, 1.165) is 25.7 Å². The first-order valence-corrected chi connectivity index (χ1v) is 33.0. The number of unbranched alkanes of at least 4 members (excludes halogenated alkanes) is 4. The van der Waals surface area contributed by atoms with Crippen molar-refractivity contribution in [1.82, 2.24) is 47.3 Å². The molecule has 4 atom stereocenters. The number of hydrogen-bond donors (Lipinski definition) is 15. The number of carboxylic acid groups (broad SMARTS) is 4. The molecular formula is C62H111N13O26. The van der Waals surface area contributed by atoms with Crippen molar-refractivity contribution < 1.29 is 126 Å². The Kier molecular flexibility index (Phi) is 62.9. The van der Waals surface area contributed by atoms with Crippen LogP contribution in [0.4, 0.5) is 0 Å². The molecule has 0 radical (unpaired) electrons. The Balaban J connectivity index is -0.000000578. The average molecular weight is 1450 g/mol. The number of nitrogens with zero attached hydrogens (tertiary/aromatic N) is 2. The van der Waals surface area contributed by atoms with Crippen molar-refractivity contribution >= 4 is 101 Å². The number of carboxylic acids is 4. The standard InChI is InChI=1S/C16H28N4O6.C16H30N2O6.C9H12N2O5.C9H13NO5.2C6H14N2O2/c1-17-12(21)6-8-14(23)19-10-4-3-5-11(16(25)26)20-15(24)9-7-13(22)18-2;1-23-11-5-8-14(19)17-10-4-3-7-13(16(21)22)18-15(20)9-6-12-24-2;1-10-6(12)2-5-9(15)16-11-7(13)3-4-8(11)14;1-14-6-2-3-9(13)15-10-7(11)4-5-8(10)12;2*7-4-2-1-3-5(8)6(9)10/h11H,3-10H2,1-2H3,(H,17,21)(H,18,22)(H,19,23)(H,20,24)(H,25,26);13H,3-12H2,1-2H3,(H,17,19)(H,18,20)(H,21,22);2-5H2,1H3,(H,10,12);2-6H2,1H3;2*5H,1-4,7-8H2,(H,9,10). The van der Waals surface area contributed by atoms with Gasteiger partial charge in [-0.1, -0.05) is 12.8 Å². The Hall–Kier alpha value is -8.89. The van der Waals surface area contributed by atoms with Gasteiger partial charge in [-0.2, -0.15) is 0 Å². The molecule has 0 spiro atoms. The lowest BCUT2D eigenvalue weighted by molar-refractivity contribution is -0.197. The third-order valence-electron chi connectivity index (χ3n) is 13.5. The third-order valence-corrected chi connectivity index (χ3v) is 13.5. The summed E-state index contributed by atoms with van der Waals surface area (Å²) in [7, 11) is 9.07. The number of methoxy groups -OCH3 is 3. The van der Waals surface area contributed by atoms with Gasteiger partial charge in [-0.3, -0.25) is 62.3 Å². The van der Waals surface area contributed by atoms with Gasteiger partial charge in [0, 0.05) is 146 Å². The number of nitrogens with two attached hydrogens (primary N) is 4. The van der Waals surface area contributed by atoms with Crippen LogP contribution in [-0.4, -0.2) is 244 Å². The van der Waals surface area contributed by atoms with Gasteiger partial charge in [0.05, 0.1) is 12.8 Å². The minimum Gasteiger partial charge on any atom is -0.480 e. The van der Waals surface area contributed by atoms with Crippen LogP contribution >= 0.6 is 0 Å². The minimum absolute atomic E-state index is 0.00322. The van der Waals surface area contributed by atoms with Crippen LogP contribution < -0.4 is 60.2 Å². The average Bonchev–Trinajstić information content (AvgIpc) is 1.75. The van der Waals surface area contributed by atoms with Crippen LogP contribution in [0, 0.1) is 0 Å². The molecule has 4 unspecified atom stereocenters. The Bertz CT molecular complexity index is 2470. The summed E-state index contributed by atoms with van der Waals surface area (Å²) in [5.41, 5.74) is 20.8. The molecule has 0 bridgehead atoms. The first kappa shape index (κ1) is 98.5. The predicted octanol–water partition coefficient (Wildman–Crippen LogP) is -2.22. The SMILES string of the molecule is CNC(=O)CCC(=O)NCCCCC(NC(=O)CCC(=O)NC)C(=O)O.CNC(=O)CCC(=O)ON1C(=O)CCC1=O.COCCCC(=O)NCCCCC(NC(=O)CCCOC)C(=O)O.COCCCC(=O)ON1C(=O)CCC1=O.NCCCCC(N)C(=O)O.NCCCCC(N)C(=O)O. The zero-order chi connectivity index (χ0) is 77.5. The number of amides is 11. The van der Waals surface area contributed by atoms with E-state index in [9.17, 15) is 81.5 Å². The highest BCUT2D eigenvalue weighted by molar-refractivity contribution is 6.02. The van der Waals surface area contributed by atoms with Crippen molar-refractivity contribution in [1.29, 1.82) is 0 Å². The molecule has 2 aliphatic rings. The molecule has 2 saturated heterocycles. The second kappa shape index (κ2) is 64.5.